The summed E-state index contributed by atoms with van der Waals surface area (Å²) in [5, 5.41) is 0. The zero-order chi connectivity index (χ0) is 19.6. The molecule has 7 nitrogen and oxygen atoms in total. The molecule has 1 amide bonds. The minimum absolute atomic E-state index is 0.0203. The molecule has 0 spiro atoms. The van der Waals surface area contributed by atoms with Crippen LogP contribution in [0.25, 0.3) is 11.1 Å². The van der Waals surface area contributed by atoms with Crippen LogP contribution in [0.2, 0.25) is 0 Å². The van der Waals surface area contributed by atoms with Crippen LogP contribution in [0.4, 0.5) is 0 Å². The highest BCUT2D eigenvalue weighted by Crippen LogP contribution is 2.26. The second-order valence-corrected chi connectivity index (χ2v) is 8.81. The minimum atomic E-state index is -3.11. The first-order chi connectivity index (χ1) is 12.8. The average molecular weight is 391 g/mol. The number of ether oxygens (including phenoxy) is 1. The van der Waals surface area contributed by atoms with E-state index in [1.807, 2.05) is 30.3 Å². The van der Waals surface area contributed by atoms with Gasteiger partial charge in [-0.1, -0.05) is 30.3 Å². The second-order valence-electron chi connectivity index (χ2n) is 6.58. The van der Waals surface area contributed by atoms with Gasteiger partial charge in [0.25, 0.3) is 5.91 Å². The van der Waals surface area contributed by atoms with Crippen molar-refractivity contribution in [1.82, 2.24) is 4.90 Å². The van der Waals surface area contributed by atoms with E-state index < -0.39 is 33.9 Å². The first kappa shape index (κ1) is 19.2. The van der Waals surface area contributed by atoms with Crippen molar-refractivity contribution < 1.29 is 27.2 Å². The topological polar surface area (TPSA) is 93.9 Å². The highest BCUT2D eigenvalue weighted by Gasteiger charge is 2.35. The molecule has 2 atom stereocenters. The van der Waals surface area contributed by atoms with Crippen LogP contribution in [0.3, 0.4) is 0 Å². The number of carbonyl (C=O) groups excluding carboxylic acids is 2. The number of esters is 1. The van der Waals surface area contributed by atoms with Crippen molar-refractivity contribution in [1.29, 1.82) is 0 Å². The van der Waals surface area contributed by atoms with Gasteiger partial charge in [0.05, 0.1) is 17.8 Å². The molecule has 2 aromatic rings. The van der Waals surface area contributed by atoms with Gasteiger partial charge >= 0.3 is 5.97 Å². The van der Waals surface area contributed by atoms with Gasteiger partial charge in [0.1, 0.15) is 0 Å². The molecule has 1 fully saturated rings. The third-order valence-electron chi connectivity index (χ3n) is 4.67. The lowest BCUT2D eigenvalue weighted by molar-refractivity contribution is -0.140. The third kappa shape index (κ3) is 4.21. The quantitative estimate of drug-likeness (QED) is 0.725. The van der Waals surface area contributed by atoms with Crippen LogP contribution in [0, 0.1) is 0 Å². The summed E-state index contributed by atoms with van der Waals surface area (Å²) in [5.74, 6) is -1.17. The Bertz CT molecular complexity index is 934. The smallest absolute Gasteiger partial charge is 0.375 e. The van der Waals surface area contributed by atoms with Crippen molar-refractivity contribution in [2.75, 3.05) is 18.6 Å². The van der Waals surface area contributed by atoms with Crippen LogP contribution in [0.5, 0.6) is 0 Å². The summed E-state index contributed by atoms with van der Waals surface area (Å²) < 4.78 is 33.8. The Morgan fingerprint density at radius 1 is 1.22 bits per heavy atom. The van der Waals surface area contributed by atoms with E-state index in [-0.39, 0.29) is 17.3 Å². The Kier molecular flexibility index (Phi) is 5.36. The number of sulfone groups is 1. The van der Waals surface area contributed by atoms with Crippen molar-refractivity contribution in [2.45, 2.75) is 25.5 Å². The largest absolute Gasteiger partial charge is 0.457 e. The van der Waals surface area contributed by atoms with E-state index in [1.54, 1.807) is 6.07 Å². The van der Waals surface area contributed by atoms with Gasteiger partial charge in [-0.3, -0.25) is 4.79 Å². The highest BCUT2D eigenvalue weighted by molar-refractivity contribution is 7.91. The zero-order valence-electron chi connectivity index (χ0n) is 15.1. The molecular weight excluding hydrogens is 370 g/mol. The Morgan fingerprint density at radius 3 is 2.56 bits per heavy atom. The van der Waals surface area contributed by atoms with E-state index in [0.717, 1.165) is 5.56 Å². The lowest BCUT2D eigenvalue weighted by Gasteiger charge is -2.26. The van der Waals surface area contributed by atoms with Crippen LogP contribution in [0.1, 0.15) is 23.9 Å². The van der Waals surface area contributed by atoms with E-state index in [1.165, 1.54) is 25.1 Å². The van der Waals surface area contributed by atoms with E-state index in [0.29, 0.717) is 12.0 Å². The Morgan fingerprint density at radius 2 is 1.93 bits per heavy atom. The van der Waals surface area contributed by atoms with Crippen molar-refractivity contribution in [3.63, 3.8) is 0 Å². The number of amides is 1. The number of carbonyl (C=O) groups is 2. The molecule has 1 saturated heterocycles. The highest BCUT2D eigenvalue weighted by atomic mass is 32.2. The normalized spacial score (nSPS) is 19.4. The standard InChI is InChI=1S/C19H21NO6S/c1-13(18(21)20(2)15-9-11-27(23,24)12-15)26-19(22)17-16(8-10-25-17)14-6-4-3-5-7-14/h3-8,10,13,15H,9,11-12H2,1-2H3/t13-,15+/m1/s1. The fraction of sp³-hybridized carbons (Fsp3) is 0.368. The lowest BCUT2D eigenvalue weighted by atomic mass is 10.1. The minimum Gasteiger partial charge on any atom is -0.457 e. The molecule has 144 valence electrons. The fourth-order valence-corrected chi connectivity index (χ4v) is 4.90. The van der Waals surface area contributed by atoms with Gasteiger partial charge in [-0.25, -0.2) is 13.2 Å². The SMILES string of the molecule is C[C@@H](OC(=O)c1occc1-c1ccccc1)C(=O)N(C)[C@H]1CCS(=O)(=O)C1. The number of hydrogen-bond acceptors (Lipinski definition) is 6. The van der Waals surface area contributed by atoms with Crippen molar-refractivity contribution in [3.8, 4) is 11.1 Å². The fourth-order valence-electron chi connectivity index (χ4n) is 3.12. The summed E-state index contributed by atoms with van der Waals surface area (Å²) in [6.07, 6.45) is 0.724. The number of likely N-dealkylation sites (N-methyl/N-ethyl adjacent to an activating group) is 1. The van der Waals surface area contributed by atoms with Crippen LogP contribution >= 0.6 is 0 Å². The second kappa shape index (κ2) is 7.56. The third-order valence-corrected chi connectivity index (χ3v) is 6.42. The van der Waals surface area contributed by atoms with Crippen LogP contribution < -0.4 is 0 Å². The molecule has 27 heavy (non-hydrogen) atoms. The van der Waals surface area contributed by atoms with E-state index >= 15 is 0 Å². The summed E-state index contributed by atoms with van der Waals surface area (Å²) in [4.78, 5) is 26.4. The average Bonchev–Trinajstić information content (AvgIpc) is 3.27. The van der Waals surface area contributed by atoms with Gasteiger partial charge in [-0.05, 0) is 25.0 Å². The summed E-state index contributed by atoms with van der Waals surface area (Å²) in [6.45, 7) is 1.46. The molecule has 0 N–H and O–H groups in total. The van der Waals surface area contributed by atoms with Crippen LogP contribution in [-0.2, 0) is 19.4 Å². The predicted octanol–water partition coefficient (Wildman–Crippen LogP) is 2.14. The predicted molar refractivity (Wildman–Crippen MR) is 98.9 cm³/mol. The van der Waals surface area contributed by atoms with E-state index in [2.05, 4.69) is 0 Å². The van der Waals surface area contributed by atoms with Gasteiger partial charge in [-0.2, -0.15) is 0 Å². The first-order valence-electron chi connectivity index (χ1n) is 8.59. The Hall–Kier alpha value is -2.61. The van der Waals surface area contributed by atoms with E-state index in [4.69, 9.17) is 9.15 Å². The van der Waals surface area contributed by atoms with Crippen LogP contribution in [-0.4, -0.2) is 55.9 Å². The maximum atomic E-state index is 12.5. The summed E-state index contributed by atoms with van der Waals surface area (Å²) in [7, 11) is -1.58. The van der Waals surface area contributed by atoms with E-state index in [9.17, 15) is 18.0 Å². The molecule has 0 aliphatic carbocycles. The molecular formula is C19H21NO6S. The van der Waals surface area contributed by atoms with Gasteiger partial charge in [0, 0.05) is 18.7 Å². The lowest BCUT2D eigenvalue weighted by Crippen LogP contribution is -2.44. The molecule has 3 rings (SSSR count). The first-order valence-corrected chi connectivity index (χ1v) is 10.4. The molecule has 1 aliphatic heterocycles. The number of benzene rings is 1. The number of hydrogen-bond donors (Lipinski definition) is 0. The molecule has 0 bridgehead atoms. The molecule has 1 aliphatic rings. The number of furan rings is 1. The molecule has 1 aromatic heterocycles. The zero-order valence-corrected chi connectivity index (χ0v) is 15.9. The molecule has 0 saturated carbocycles. The van der Waals surface area contributed by atoms with Gasteiger partial charge in [-0.15, -0.1) is 0 Å². The van der Waals surface area contributed by atoms with Crippen molar-refractivity contribution in [3.05, 3.63) is 48.4 Å². The molecule has 8 heteroatoms. The summed E-state index contributed by atoms with van der Waals surface area (Å²) in [6, 6.07) is 10.5. The Balaban J connectivity index is 1.68. The number of nitrogens with zero attached hydrogens (tertiary/aromatic N) is 1. The van der Waals surface area contributed by atoms with Crippen molar-refractivity contribution >= 4 is 21.7 Å². The van der Waals surface area contributed by atoms with Gasteiger partial charge in [0.2, 0.25) is 5.76 Å². The molecule has 0 radical (unpaired) electrons. The monoisotopic (exact) mass is 391 g/mol. The maximum absolute atomic E-state index is 12.5. The molecule has 2 heterocycles. The summed E-state index contributed by atoms with van der Waals surface area (Å²) in [5.41, 5.74) is 1.38. The van der Waals surface area contributed by atoms with Gasteiger partial charge in [0.15, 0.2) is 15.9 Å². The molecule has 1 aromatic carbocycles. The van der Waals surface area contributed by atoms with Gasteiger partial charge < -0.3 is 14.1 Å². The Labute approximate surface area is 157 Å². The molecule has 0 unspecified atom stereocenters. The number of rotatable bonds is 5. The van der Waals surface area contributed by atoms with Crippen LogP contribution in [0.15, 0.2) is 47.1 Å². The van der Waals surface area contributed by atoms with Crippen molar-refractivity contribution in [2.24, 2.45) is 0 Å². The maximum Gasteiger partial charge on any atom is 0.375 e. The summed E-state index contributed by atoms with van der Waals surface area (Å²) >= 11 is 0.